The van der Waals surface area contributed by atoms with Crippen LogP contribution < -0.4 is 10.6 Å². The van der Waals surface area contributed by atoms with Crippen molar-refractivity contribution in [3.8, 4) is 0 Å². The molecule has 0 spiro atoms. The maximum absolute atomic E-state index is 12.2. The summed E-state index contributed by atoms with van der Waals surface area (Å²) in [5.41, 5.74) is 3.09. The van der Waals surface area contributed by atoms with E-state index in [4.69, 9.17) is 0 Å². The summed E-state index contributed by atoms with van der Waals surface area (Å²) in [7, 11) is -3.17. The van der Waals surface area contributed by atoms with Crippen LogP contribution in [0.3, 0.4) is 0 Å². The lowest BCUT2D eigenvalue weighted by Gasteiger charge is -2.37. The van der Waals surface area contributed by atoms with E-state index in [9.17, 15) is 13.2 Å². The Morgan fingerprint density at radius 1 is 1.12 bits per heavy atom. The Hall–Kier alpha value is -1.60. The molecule has 7 heteroatoms. The molecule has 132 valence electrons. The molecule has 1 aromatic carbocycles. The number of aryl methyl sites for hydroxylation is 2. The minimum atomic E-state index is -3.17. The Bertz CT molecular complexity index is 733. The van der Waals surface area contributed by atoms with Crippen molar-refractivity contribution in [3.05, 3.63) is 29.3 Å². The van der Waals surface area contributed by atoms with Crippen molar-refractivity contribution in [1.29, 1.82) is 0 Å². The molecule has 2 unspecified atom stereocenters. The third kappa shape index (κ3) is 3.57. The lowest BCUT2D eigenvalue weighted by molar-refractivity contribution is 0.204. The van der Waals surface area contributed by atoms with Crippen LogP contribution >= 0.6 is 0 Å². The van der Waals surface area contributed by atoms with Gasteiger partial charge in [0, 0.05) is 23.8 Å². The van der Waals surface area contributed by atoms with E-state index in [-0.39, 0.29) is 24.2 Å². The number of hydrogen-bond donors (Lipinski definition) is 2. The van der Waals surface area contributed by atoms with E-state index >= 15 is 0 Å². The molecule has 0 saturated carbocycles. The van der Waals surface area contributed by atoms with Gasteiger partial charge in [0.2, 0.25) is 10.0 Å². The predicted octanol–water partition coefficient (Wildman–Crippen LogP) is 2.38. The van der Waals surface area contributed by atoms with E-state index in [1.165, 1.54) is 11.8 Å². The average Bonchev–Trinajstić information content (AvgIpc) is 2.75. The number of nitrogens with zero attached hydrogens (tertiary/aromatic N) is 1. The zero-order chi connectivity index (χ0) is 17.5. The number of amides is 2. The molecule has 2 N–H and O–H groups in total. The summed E-state index contributed by atoms with van der Waals surface area (Å²) in [5.74, 6) is 0. The van der Waals surface area contributed by atoms with Crippen LogP contribution in [-0.4, -0.2) is 43.1 Å². The molecule has 0 radical (unpaired) electrons. The van der Waals surface area contributed by atoms with Crippen molar-refractivity contribution in [3.63, 3.8) is 0 Å². The number of piperidine rings is 1. The third-order valence-electron chi connectivity index (χ3n) is 5.15. The van der Waals surface area contributed by atoms with Gasteiger partial charge in [0.1, 0.15) is 0 Å². The number of hydrogen-bond acceptors (Lipinski definition) is 3. The predicted molar refractivity (Wildman–Crippen MR) is 94.6 cm³/mol. The van der Waals surface area contributed by atoms with Crippen molar-refractivity contribution in [2.45, 2.75) is 57.7 Å². The molecule has 2 fully saturated rings. The maximum Gasteiger partial charge on any atom is 0.319 e. The van der Waals surface area contributed by atoms with Crippen molar-refractivity contribution >= 4 is 21.7 Å². The van der Waals surface area contributed by atoms with Crippen LogP contribution in [0.15, 0.2) is 18.2 Å². The molecule has 0 aromatic heterocycles. The van der Waals surface area contributed by atoms with Gasteiger partial charge in [0.15, 0.2) is 0 Å². The number of urea groups is 1. The van der Waals surface area contributed by atoms with Crippen LogP contribution in [0.2, 0.25) is 0 Å². The third-order valence-corrected chi connectivity index (χ3v) is 6.51. The Balaban J connectivity index is 1.59. The van der Waals surface area contributed by atoms with E-state index in [1.54, 1.807) is 4.31 Å². The van der Waals surface area contributed by atoms with Gasteiger partial charge in [-0.2, -0.15) is 4.31 Å². The Morgan fingerprint density at radius 2 is 1.75 bits per heavy atom. The standard InChI is InChI=1S/C17H25N3O3S/c1-11-4-5-13(8-12(11)2)18-17(21)19-14-9-15-6-7-16(10-14)20(15)24(3,22)23/h4-5,8,14-16H,6-7,9-10H2,1-3H3,(H2,18,19,21). The minimum Gasteiger partial charge on any atom is -0.335 e. The maximum atomic E-state index is 12.2. The molecular formula is C17H25N3O3S. The fourth-order valence-electron chi connectivity index (χ4n) is 3.97. The van der Waals surface area contributed by atoms with Gasteiger partial charge in [-0.15, -0.1) is 0 Å². The van der Waals surface area contributed by atoms with Crippen LogP contribution in [0.4, 0.5) is 10.5 Å². The molecule has 2 saturated heterocycles. The number of benzene rings is 1. The molecule has 0 aliphatic carbocycles. The number of sulfonamides is 1. The normalized spacial score (nSPS) is 27.0. The first kappa shape index (κ1) is 17.2. The second kappa shape index (κ2) is 6.37. The molecule has 6 nitrogen and oxygen atoms in total. The Morgan fingerprint density at radius 3 is 2.29 bits per heavy atom. The first-order valence-electron chi connectivity index (χ1n) is 8.37. The minimum absolute atomic E-state index is 0.0191. The molecule has 2 amide bonds. The first-order chi connectivity index (χ1) is 11.2. The van der Waals surface area contributed by atoms with Crippen molar-refractivity contribution < 1.29 is 13.2 Å². The quantitative estimate of drug-likeness (QED) is 0.877. The zero-order valence-electron chi connectivity index (χ0n) is 14.4. The first-order valence-corrected chi connectivity index (χ1v) is 10.2. The van der Waals surface area contributed by atoms with Gasteiger partial charge in [0.05, 0.1) is 6.26 Å². The zero-order valence-corrected chi connectivity index (χ0v) is 15.2. The molecule has 2 heterocycles. The number of fused-ring (bicyclic) bond motifs is 2. The fourth-order valence-corrected chi connectivity index (χ4v) is 5.43. The summed E-state index contributed by atoms with van der Waals surface area (Å²) in [4.78, 5) is 12.2. The van der Waals surface area contributed by atoms with E-state index < -0.39 is 10.0 Å². The van der Waals surface area contributed by atoms with E-state index in [0.717, 1.165) is 24.1 Å². The molecular weight excluding hydrogens is 326 g/mol. The summed E-state index contributed by atoms with van der Waals surface area (Å²) in [6.45, 7) is 4.04. The number of carbonyl (C=O) groups excluding carboxylic acids is 1. The van der Waals surface area contributed by atoms with E-state index in [2.05, 4.69) is 10.6 Å². The summed E-state index contributed by atoms with van der Waals surface area (Å²) in [5, 5.41) is 5.87. The molecule has 2 aliphatic rings. The largest absolute Gasteiger partial charge is 0.335 e. The topological polar surface area (TPSA) is 78.5 Å². The van der Waals surface area contributed by atoms with Gasteiger partial charge < -0.3 is 10.6 Å². The molecule has 1 aromatic rings. The summed E-state index contributed by atoms with van der Waals surface area (Å²) in [6.07, 6.45) is 4.41. The van der Waals surface area contributed by atoms with Gasteiger partial charge in [-0.25, -0.2) is 13.2 Å². The summed E-state index contributed by atoms with van der Waals surface area (Å²) >= 11 is 0. The summed E-state index contributed by atoms with van der Waals surface area (Å²) < 4.78 is 25.5. The Labute approximate surface area is 143 Å². The smallest absolute Gasteiger partial charge is 0.319 e. The highest BCUT2D eigenvalue weighted by Crippen LogP contribution is 2.37. The molecule has 3 rings (SSSR count). The van der Waals surface area contributed by atoms with Gasteiger partial charge in [-0.3, -0.25) is 0 Å². The van der Waals surface area contributed by atoms with Crippen LogP contribution in [0.1, 0.15) is 36.8 Å². The van der Waals surface area contributed by atoms with Crippen LogP contribution in [0.5, 0.6) is 0 Å². The lowest BCUT2D eigenvalue weighted by atomic mass is 10.00. The second-order valence-corrected chi connectivity index (χ2v) is 8.93. The van der Waals surface area contributed by atoms with E-state index in [0.29, 0.717) is 12.8 Å². The number of carbonyl (C=O) groups is 1. The molecule has 2 bridgehead atoms. The lowest BCUT2D eigenvalue weighted by Crippen LogP contribution is -2.52. The highest BCUT2D eigenvalue weighted by Gasteiger charge is 2.45. The van der Waals surface area contributed by atoms with Gasteiger partial charge in [-0.1, -0.05) is 6.07 Å². The molecule has 2 aliphatic heterocycles. The highest BCUT2D eigenvalue weighted by molar-refractivity contribution is 7.88. The van der Waals surface area contributed by atoms with Crippen LogP contribution in [-0.2, 0) is 10.0 Å². The van der Waals surface area contributed by atoms with Gasteiger partial charge >= 0.3 is 6.03 Å². The highest BCUT2D eigenvalue weighted by atomic mass is 32.2. The molecule has 2 atom stereocenters. The fraction of sp³-hybridized carbons (Fsp3) is 0.588. The van der Waals surface area contributed by atoms with Gasteiger partial charge in [-0.05, 0) is 62.8 Å². The van der Waals surface area contributed by atoms with Crippen LogP contribution in [0, 0.1) is 13.8 Å². The van der Waals surface area contributed by atoms with Crippen LogP contribution in [0.25, 0.3) is 0 Å². The van der Waals surface area contributed by atoms with Crippen molar-refractivity contribution in [1.82, 2.24) is 9.62 Å². The Kier molecular flexibility index (Phi) is 4.57. The SMILES string of the molecule is Cc1ccc(NC(=O)NC2CC3CCC(C2)N3S(C)(=O)=O)cc1C. The van der Waals surface area contributed by atoms with Crippen molar-refractivity contribution in [2.75, 3.05) is 11.6 Å². The number of nitrogens with one attached hydrogen (secondary N) is 2. The molecule has 24 heavy (non-hydrogen) atoms. The van der Waals surface area contributed by atoms with Gasteiger partial charge in [0.25, 0.3) is 0 Å². The number of anilines is 1. The summed E-state index contributed by atoms with van der Waals surface area (Å²) in [6, 6.07) is 5.65. The van der Waals surface area contributed by atoms with E-state index in [1.807, 2.05) is 32.0 Å². The monoisotopic (exact) mass is 351 g/mol. The number of rotatable bonds is 3. The second-order valence-electron chi connectivity index (χ2n) is 7.04. The average molecular weight is 351 g/mol. The van der Waals surface area contributed by atoms with Crippen molar-refractivity contribution in [2.24, 2.45) is 0 Å².